The molecule has 5 nitrogen and oxygen atoms in total. The summed E-state index contributed by atoms with van der Waals surface area (Å²) >= 11 is 0. The minimum absolute atomic E-state index is 0.0605. The van der Waals surface area contributed by atoms with Crippen LogP contribution in [0.3, 0.4) is 0 Å². The lowest BCUT2D eigenvalue weighted by molar-refractivity contribution is -0.144. The third-order valence-electron chi connectivity index (χ3n) is 3.34. The molecule has 0 radical (unpaired) electrons. The van der Waals surface area contributed by atoms with E-state index >= 15 is 0 Å². The number of hydrogen-bond acceptors (Lipinski definition) is 3. The number of carboxylic acid groups (broad SMARTS) is 1. The van der Waals surface area contributed by atoms with E-state index in [9.17, 15) is 18.3 Å². The van der Waals surface area contributed by atoms with Crippen LogP contribution in [0.4, 0.5) is 0 Å². The van der Waals surface area contributed by atoms with Crippen LogP contribution in [0.5, 0.6) is 0 Å². The highest BCUT2D eigenvalue weighted by atomic mass is 32.2. The van der Waals surface area contributed by atoms with Crippen molar-refractivity contribution >= 4 is 16.0 Å². The van der Waals surface area contributed by atoms with Crippen LogP contribution >= 0.6 is 0 Å². The van der Waals surface area contributed by atoms with Gasteiger partial charge in [-0.2, -0.15) is 4.72 Å². The molecule has 0 aromatic rings. The van der Waals surface area contributed by atoms with Crippen molar-refractivity contribution in [3.63, 3.8) is 0 Å². The van der Waals surface area contributed by atoms with Gasteiger partial charge in [0.05, 0.1) is 5.75 Å². The normalized spacial score (nSPS) is 20.8. The molecule has 1 rings (SSSR count). The first-order chi connectivity index (χ1) is 8.56. The van der Waals surface area contributed by atoms with Crippen molar-refractivity contribution in [1.82, 2.24) is 4.72 Å². The van der Waals surface area contributed by atoms with E-state index in [2.05, 4.69) is 4.72 Å². The SMILES string of the molecule is CC(C)(C)CS(=O)(=O)NC1(C(=O)O)CCCCCC1. The predicted octanol–water partition coefficient (Wildman–Crippen LogP) is 2.13. The molecular weight excluding hydrogens is 266 g/mol. The molecule has 0 aromatic heterocycles. The second-order valence-electron chi connectivity index (χ2n) is 6.72. The van der Waals surface area contributed by atoms with Gasteiger partial charge in [0.25, 0.3) is 0 Å². The van der Waals surface area contributed by atoms with E-state index < -0.39 is 26.9 Å². The highest BCUT2D eigenvalue weighted by molar-refractivity contribution is 7.89. The molecule has 0 heterocycles. The summed E-state index contributed by atoms with van der Waals surface area (Å²) in [4.78, 5) is 11.5. The molecule has 1 aliphatic carbocycles. The molecule has 0 bridgehead atoms. The zero-order valence-corrected chi connectivity index (χ0v) is 12.8. The Morgan fingerprint density at radius 3 is 2.00 bits per heavy atom. The third kappa shape index (κ3) is 5.10. The van der Waals surface area contributed by atoms with Gasteiger partial charge < -0.3 is 5.11 Å². The van der Waals surface area contributed by atoms with Crippen LogP contribution in [0.15, 0.2) is 0 Å². The van der Waals surface area contributed by atoms with Gasteiger partial charge in [0.15, 0.2) is 0 Å². The van der Waals surface area contributed by atoms with Crippen molar-refractivity contribution in [2.75, 3.05) is 5.75 Å². The van der Waals surface area contributed by atoms with Crippen LogP contribution in [-0.2, 0) is 14.8 Å². The second kappa shape index (κ2) is 5.79. The zero-order chi connectivity index (χ0) is 14.7. The Morgan fingerprint density at radius 2 is 1.63 bits per heavy atom. The van der Waals surface area contributed by atoms with E-state index in [1.807, 2.05) is 20.8 Å². The van der Waals surface area contributed by atoms with E-state index in [1.54, 1.807) is 0 Å². The first-order valence-electron chi connectivity index (χ1n) is 6.81. The summed E-state index contributed by atoms with van der Waals surface area (Å²) in [6, 6.07) is 0. The third-order valence-corrected chi connectivity index (χ3v) is 5.29. The fourth-order valence-electron chi connectivity index (χ4n) is 2.60. The summed E-state index contributed by atoms with van der Waals surface area (Å²) in [5.41, 5.74) is -1.70. The fraction of sp³-hybridized carbons (Fsp3) is 0.923. The van der Waals surface area contributed by atoms with Crippen molar-refractivity contribution in [2.24, 2.45) is 5.41 Å². The number of hydrogen-bond donors (Lipinski definition) is 2. The molecule has 0 amide bonds. The van der Waals surface area contributed by atoms with Gasteiger partial charge in [-0.25, -0.2) is 8.42 Å². The average molecular weight is 291 g/mol. The Kier molecular flexibility index (Phi) is 5.01. The Hall–Kier alpha value is -0.620. The van der Waals surface area contributed by atoms with E-state index in [1.165, 1.54) is 0 Å². The van der Waals surface area contributed by atoms with Crippen molar-refractivity contribution in [2.45, 2.75) is 64.8 Å². The Bertz CT molecular complexity index is 414. The molecule has 0 aromatic carbocycles. The van der Waals surface area contributed by atoms with E-state index in [4.69, 9.17) is 0 Å². The molecule has 1 fully saturated rings. The van der Waals surface area contributed by atoms with Gasteiger partial charge in [0, 0.05) is 0 Å². The summed E-state index contributed by atoms with van der Waals surface area (Å²) in [6.45, 7) is 5.48. The zero-order valence-electron chi connectivity index (χ0n) is 12.0. The molecule has 19 heavy (non-hydrogen) atoms. The van der Waals surface area contributed by atoms with E-state index in [0.717, 1.165) is 25.7 Å². The van der Waals surface area contributed by atoms with Crippen LogP contribution in [0.2, 0.25) is 0 Å². The topological polar surface area (TPSA) is 83.5 Å². The molecule has 0 saturated heterocycles. The van der Waals surface area contributed by atoms with E-state index in [-0.39, 0.29) is 5.75 Å². The fourth-order valence-corrected chi connectivity index (χ4v) is 4.69. The summed E-state index contributed by atoms with van der Waals surface area (Å²) in [6.07, 6.45) is 4.21. The molecule has 112 valence electrons. The lowest BCUT2D eigenvalue weighted by atomic mass is 9.92. The molecular formula is C13H25NO4S. The predicted molar refractivity (Wildman–Crippen MR) is 74.4 cm³/mol. The molecule has 0 spiro atoms. The Morgan fingerprint density at radius 1 is 1.16 bits per heavy atom. The smallest absolute Gasteiger partial charge is 0.324 e. The van der Waals surface area contributed by atoms with Gasteiger partial charge in [0.2, 0.25) is 10.0 Å². The quantitative estimate of drug-likeness (QED) is 0.777. The van der Waals surface area contributed by atoms with Gasteiger partial charge in [-0.3, -0.25) is 4.79 Å². The maximum Gasteiger partial charge on any atom is 0.324 e. The number of rotatable bonds is 4. The first-order valence-corrected chi connectivity index (χ1v) is 8.47. The highest BCUT2D eigenvalue weighted by Gasteiger charge is 2.42. The monoisotopic (exact) mass is 291 g/mol. The van der Waals surface area contributed by atoms with Crippen LogP contribution in [0.25, 0.3) is 0 Å². The minimum Gasteiger partial charge on any atom is -0.480 e. The lowest BCUT2D eigenvalue weighted by Gasteiger charge is -2.30. The Labute approximate surface area is 115 Å². The summed E-state index contributed by atoms with van der Waals surface area (Å²) in [7, 11) is -3.59. The minimum atomic E-state index is -3.59. The first kappa shape index (κ1) is 16.4. The Balaban J connectivity index is 2.92. The van der Waals surface area contributed by atoms with Crippen molar-refractivity contribution in [3.05, 3.63) is 0 Å². The van der Waals surface area contributed by atoms with Crippen molar-refractivity contribution in [1.29, 1.82) is 0 Å². The maximum absolute atomic E-state index is 12.2. The second-order valence-corrected chi connectivity index (χ2v) is 8.45. The summed E-state index contributed by atoms with van der Waals surface area (Å²) < 4.78 is 26.8. The molecule has 1 aliphatic rings. The number of aliphatic carboxylic acids is 1. The molecule has 0 atom stereocenters. The molecule has 1 saturated carbocycles. The van der Waals surface area contributed by atoms with E-state index in [0.29, 0.717) is 12.8 Å². The standard InChI is InChI=1S/C13H25NO4S/c1-12(2,3)10-19(17,18)14-13(11(15)16)8-6-4-5-7-9-13/h14H,4-10H2,1-3H3,(H,15,16). The molecule has 0 unspecified atom stereocenters. The number of carbonyl (C=O) groups is 1. The summed E-state index contributed by atoms with van der Waals surface area (Å²) in [5, 5.41) is 9.45. The van der Waals surface area contributed by atoms with Gasteiger partial charge in [-0.15, -0.1) is 0 Å². The van der Waals surface area contributed by atoms with Gasteiger partial charge in [0.1, 0.15) is 5.54 Å². The van der Waals surface area contributed by atoms with Gasteiger partial charge in [-0.1, -0.05) is 46.5 Å². The molecule has 6 heteroatoms. The maximum atomic E-state index is 12.2. The van der Waals surface area contributed by atoms with Crippen LogP contribution in [0, 0.1) is 5.41 Å². The molecule has 2 N–H and O–H groups in total. The molecule has 0 aliphatic heterocycles. The van der Waals surface area contributed by atoms with Crippen molar-refractivity contribution in [3.8, 4) is 0 Å². The van der Waals surface area contributed by atoms with Gasteiger partial charge in [-0.05, 0) is 18.3 Å². The van der Waals surface area contributed by atoms with Crippen molar-refractivity contribution < 1.29 is 18.3 Å². The number of nitrogens with one attached hydrogen (secondary N) is 1. The summed E-state index contributed by atoms with van der Waals surface area (Å²) in [5.74, 6) is -1.11. The van der Waals surface area contributed by atoms with Crippen LogP contribution in [0.1, 0.15) is 59.3 Å². The van der Waals surface area contributed by atoms with Gasteiger partial charge >= 0.3 is 5.97 Å². The number of carboxylic acids is 1. The average Bonchev–Trinajstić information content (AvgIpc) is 2.39. The number of sulfonamides is 1. The largest absolute Gasteiger partial charge is 0.480 e. The van der Waals surface area contributed by atoms with Crippen LogP contribution in [-0.4, -0.2) is 30.8 Å². The highest BCUT2D eigenvalue weighted by Crippen LogP contribution is 2.29. The van der Waals surface area contributed by atoms with Crippen LogP contribution < -0.4 is 4.72 Å². The lowest BCUT2D eigenvalue weighted by Crippen LogP contribution is -2.55.